The van der Waals surface area contributed by atoms with E-state index in [2.05, 4.69) is 10.2 Å². The van der Waals surface area contributed by atoms with Crippen LogP contribution >= 0.6 is 0 Å². The Morgan fingerprint density at radius 2 is 2.00 bits per heavy atom. The molecule has 0 saturated carbocycles. The lowest BCUT2D eigenvalue weighted by Crippen LogP contribution is -2.48. The van der Waals surface area contributed by atoms with Crippen LogP contribution in [0.15, 0.2) is 23.0 Å². The minimum atomic E-state index is -0.691. The Bertz CT molecular complexity index is 1260. The van der Waals surface area contributed by atoms with Crippen LogP contribution in [0, 0.1) is 0 Å². The number of carbonyl (C=O) groups is 3. The van der Waals surface area contributed by atoms with Gasteiger partial charge >= 0.3 is 11.8 Å². The first kappa shape index (κ1) is 27.8. The van der Waals surface area contributed by atoms with Crippen LogP contribution in [0.4, 0.5) is 4.79 Å². The van der Waals surface area contributed by atoms with E-state index in [-0.39, 0.29) is 30.2 Å². The normalized spacial score (nSPS) is 21.0. The number of aromatic nitrogens is 2. The third-order valence-corrected chi connectivity index (χ3v) is 7.03. The summed E-state index contributed by atoms with van der Waals surface area (Å²) in [5.41, 5.74) is 1.77. The highest BCUT2D eigenvalue weighted by Crippen LogP contribution is 2.25. The molecule has 2 aromatic rings. The number of hydrogen-bond donors (Lipinski definition) is 1. The smallest absolute Gasteiger partial charge is 0.410 e. The monoisotopic (exact) mass is 529 g/mol. The largest absolute Gasteiger partial charge is 0.444 e. The van der Waals surface area contributed by atoms with Gasteiger partial charge in [0.2, 0.25) is 11.8 Å². The Morgan fingerprint density at radius 1 is 1.24 bits per heavy atom. The average molecular weight is 530 g/mol. The van der Waals surface area contributed by atoms with Gasteiger partial charge in [0, 0.05) is 33.6 Å². The molecule has 2 fully saturated rings. The molecule has 2 aliphatic heterocycles. The highest BCUT2D eigenvalue weighted by molar-refractivity contribution is 6.00. The number of ether oxygens (including phenoxy) is 2. The molecular formula is C27H39N5O6. The predicted molar refractivity (Wildman–Crippen MR) is 142 cm³/mol. The van der Waals surface area contributed by atoms with Crippen LogP contribution in [0.2, 0.25) is 0 Å². The fourth-order valence-corrected chi connectivity index (χ4v) is 5.26. The van der Waals surface area contributed by atoms with Crippen molar-refractivity contribution >= 4 is 28.9 Å². The maximum Gasteiger partial charge on any atom is 0.410 e. The summed E-state index contributed by atoms with van der Waals surface area (Å²) in [6.07, 6.45) is 1.73. The van der Waals surface area contributed by atoms with E-state index in [0.717, 1.165) is 43.6 Å². The van der Waals surface area contributed by atoms with Gasteiger partial charge in [0.05, 0.1) is 30.3 Å². The molecule has 1 aromatic heterocycles. The molecule has 38 heavy (non-hydrogen) atoms. The Labute approximate surface area is 222 Å². The number of piperidine rings is 1. The van der Waals surface area contributed by atoms with Crippen molar-refractivity contribution in [2.45, 2.75) is 64.2 Å². The van der Waals surface area contributed by atoms with Crippen LogP contribution in [-0.2, 0) is 32.5 Å². The standard InChI is InChI=1S/C27H39N5O6/c1-27(2,3)38-26(36)29(4)16-19-17-31(14-15-37-19)13-7-9-18-8-6-10-20-23(18)30(5)25(35)32(20)21-11-12-22(33)28-24(21)34/h6,8,10,19,21H,7,9,11-17H2,1-5H3,(H,28,33,34)/t19-,21?/m1/s1. The molecule has 0 spiro atoms. The summed E-state index contributed by atoms with van der Waals surface area (Å²) in [5, 5.41) is 2.35. The number of imide groups is 1. The van der Waals surface area contributed by atoms with Crippen molar-refractivity contribution in [3.05, 3.63) is 34.2 Å². The first-order chi connectivity index (χ1) is 17.9. The molecule has 3 amide bonds. The molecule has 2 saturated heterocycles. The molecule has 1 N–H and O–H groups in total. The molecule has 208 valence electrons. The molecule has 4 rings (SSSR count). The first-order valence-corrected chi connectivity index (χ1v) is 13.2. The van der Waals surface area contributed by atoms with Crippen LogP contribution < -0.4 is 11.0 Å². The van der Waals surface area contributed by atoms with E-state index >= 15 is 0 Å². The van der Waals surface area contributed by atoms with Crippen molar-refractivity contribution < 1.29 is 23.9 Å². The van der Waals surface area contributed by atoms with Gasteiger partial charge in [0.1, 0.15) is 11.6 Å². The van der Waals surface area contributed by atoms with E-state index in [9.17, 15) is 19.2 Å². The van der Waals surface area contributed by atoms with Gasteiger partial charge in [0.25, 0.3) is 0 Å². The summed E-state index contributed by atoms with van der Waals surface area (Å²) in [6, 6.07) is 5.10. The minimum Gasteiger partial charge on any atom is -0.444 e. The van der Waals surface area contributed by atoms with Crippen molar-refractivity contribution in [2.75, 3.05) is 39.8 Å². The zero-order chi connectivity index (χ0) is 27.6. The van der Waals surface area contributed by atoms with Gasteiger partial charge in [-0.1, -0.05) is 12.1 Å². The molecule has 1 unspecified atom stereocenters. The zero-order valence-corrected chi connectivity index (χ0v) is 23.0. The van der Waals surface area contributed by atoms with Crippen molar-refractivity contribution in [2.24, 2.45) is 7.05 Å². The van der Waals surface area contributed by atoms with Crippen LogP contribution in [-0.4, -0.2) is 88.4 Å². The number of aryl methyl sites for hydroxylation is 2. The Hall–Kier alpha value is -3.18. The topological polar surface area (TPSA) is 115 Å². The molecule has 0 radical (unpaired) electrons. The minimum absolute atomic E-state index is 0.0897. The van der Waals surface area contributed by atoms with Crippen LogP contribution in [0.1, 0.15) is 51.6 Å². The summed E-state index contributed by atoms with van der Waals surface area (Å²) >= 11 is 0. The average Bonchev–Trinajstić information content (AvgIpc) is 3.09. The van der Waals surface area contributed by atoms with Gasteiger partial charge in [-0.2, -0.15) is 0 Å². The van der Waals surface area contributed by atoms with Crippen LogP contribution in [0.3, 0.4) is 0 Å². The second kappa shape index (κ2) is 11.3. The highest BCUT2D eigenvalue weighted by atomic mass is 16.6. The number of carbonyl (C=O) groups excluding carboxylic acids is 3. The van der Waals surface area contributed by atoms with Crippen molar-refractivity contribution in [3.8, 4) is 0 Å². The molecule has 1 aromatic carbocycles. The first-order valence-electron chi connectivity index (χ1n) is 13.2. The number of fused-ring (bicyclic) bond motifs is 1. The Kier molecular flexibility index (Phi) is 8.27. The molecule has 11 nitrogen and oxygen atoms in total. The van der Waals surface area contributed by atoms with E-state index in [1.807, 2.05) is 39.0 Å². The Balaban J connectivity index is 1.38. The molecule has 2 atom stereocenters. The fourth-order valence-electron chi connectivity index (χ4n) is 5.26. The lowest BCUT2D eigenvalue weighted by atomic mass is 10.0. The molecule has 2 aliphatic rings. The van der Waals surface area contributed by atoms with Crippen molar-refractivity contribution in [1.29, 1.82) is 0 Å². The van der Waals surface area contributed by atoms with Crippen LogP contribution in [0.25, 0.3) is 11.0 Å². The number of para-hydroxylation sites is 1. The summed E-state index contributed by atoms with van der Waals surface area (Å²) in [6.45, 7) is 9.00. The Morgan fingerprint density at radius 3 is 2.71 bits per heavy atom. The van der Waals surface area contributed by atoms with E-state index in [4.69, 9.17) is 9.47 Å². The molecule has 11 heteroatoms. The summed E-state index contributed by atoms with van der Waals surface area (Å²) in [4.78, 5) is 53.4. The number of nitrogens with one attached hydrogen (secondary N) is 1. The van der Waals surface area contributed by atoms with E-state index < -0.39 is 17.6 Å². The molecule has 0 aliphatic carbocycles. The molecular weight excluding hydrogens is 490 g/mol. The number of benzene rings is 1. The lowest BCUT2D eigenvalue weighted by molar-refractivity contribution is -0.135. The van der Waals surface area contributed by atoms with E-state index in [0.29, 0.717) is 25.1 Å². The zero-order valence-electron chi connectivity index (χ0n) is 23.0. The number of morpholine rings is 1. The quantitative estimate of drug-likeness (QED) is 0.544. The SMILES string of the molecule is CN(C[C@@H]1CN(CCCc2cccc3c2n(C)c(=O)n3C2CCC(=O)NC2=O)CCO1)C(=O)OC(C)(C)C. The fraction of sp³-hybridized carbons (Fsp3) is 0.630. The maximum absolute atomic E-state index is 13.1. The van der Waals surface area contributed by atoms with Gasteiger partial charge in [-0.15, -0.1) is 0 Å². The third kappa shape index (κ3) is 6.27. The number of likely N-dealkylation sites (N-methyl/N-ethyl adjacent to an activating group) is 1. The summed E-state index contributed by atoms with van der Waals surface area (Å²) in [7, 11) is 3.45. The van der Waals surface area contributed by atoms with E-state index in [1.165, 1.54) is 4.57 Å². The number of nitrogens with zero attached hydrogens (tertiary/aromatic N) is 4. The predicted octanol–water partition coefficient (Wildman–Crippen LogP) is 1.82. The second-order valence-corrected chi connectivity index (χ2v) is 11.2. The van der Waals surface area contributed by atoms with Crippen molar-refractivity contribution in [1.82, 2.24) is 24.3 Å². The van der Waals surface area contributed by atoms with Gasteiger partial charge in [-0.05, 0) is 58.2 Å². The maximum atomic E-state index is 13.1. The van der Waals surface area contributed by atoms with Crippen molar-refractivity contribution in [3.63, 3.8) is 0 Å². The van der Waals surface area contributed by atoms with E-state index in [1.54, 1.807) is 23.6 Å². The van der Waals surface area contributed by atoms with Gasteiger partial charge < -0.3 is 14.4 Å². The van der Waals surface area contributed by atoms with Gasteiger partial charge in [0.15, 0.2) is 0 Å². The van der Waals surface area contributed by atoms with Gasteiger partial charge in [-0.25, -0.2) is 9.59 Å². The number of amides is 3. The van der Waals surface area contributed by atoms with Crippen LogP contribution in [0.5, 0.6) is 0 Å². The molecule has 0 bridgehead atoms. The lowest BCUT2D eigenvalue weighted by Gasteiger charge is -2.35. The number of imidazole rings is 1. The molecule has 3 heterocycles. The second-order valence-electron chi connectivity index (χ2n) is 11.2. The number of rotatable bonds is 7. The summed E-state index contributed by atoms with van der Waals surface area (Å²) < 4.78 is 14.5. The summed E-state index contributed by atoms with van der Waals surface area (Å²) in [5.74, 6) is -0.734. The number of hydrogen-bond acceptors (Lipinski definition) is 7. The van der Waals surface area contributed by atoms with Gasteiger partial charge in [-0.3, -0.25) is 28.9 Å². The highest BCUT2D eigenvalue weighted by Gasteiger charge is 2.32. The third-order valence-electron chi connectivity index (χ3n) is 7.03.